The summed E-state index contributed by atoms with van der Waals surface area (Å²) >= 11 is 0. The molecule has 0 aliphatic rings. The normalized spacial score (nSPS) is 11.8. The van der Waals surface area contributed by atoms with Gasteiger partial charge in [-0.3, -0.25) is 0 Å². The lowest BCUT2D eigenvalue weighted by atomic mass is 9.74. The van der Waals surface area contributed by atoms with Crippen molar-refractivity contribution in [3.8, 4) is 0 Å². The van der Waals surface area contributed by atoms with E-state index in [1.54, 1.807) is 0 Å². The summed E-state index contributed by atoms with van der Waals surface area (Å²) in [7, 11) is 0. The van der Waals surface area contributed by atoms with Crippen molar-refractivity contribution in [3.63, 3.8) is 0 Å². The van der Waals surface area contributed by atoms with Crippen LogP contribution in [0.25, 0.3) is 0 Å². The minimum atomic E-state index is 0.341. The van der Waals surface area contributed by atoms with Gasteiger partial charge < -0.3 is 0 Å². The van der Waals surface area contributed by atoms with Crippen molar-refractivity contribution in [1.29, 1.82) is 0 Å². The molecule has 0 aliphatic heterocycles. The molecule has 1 rings (SSSR count). The van der Waals surface area contributed by atoms with Gasteiger partial charge in [0.15, 0.2) is 0 Å². The van der Waals surface area contributed by atoms with E-state index in [2.05, 4.69) is 65.8 Å². The monoisotopic (exact) mass is 276 g/mol. The molecule has 0 aliphatic carbocycles. The van der Waals surface area contributed by atoms with Crippen LogP contribution in [-0.2, 0) is 10.8 Å². The van der Waals surface area contributed by atoms with Gasteiger partial charge in [0.05, 0.1) is 0 Å². The van der Waals surface area contributed by atoms with Crippen LogP contribution in [0.2, 0.25) is 0 Å². The second-order valence-corrected chi connectivity index (χ2v) is 6.11. The Morgan fingerprint density at radius 3 is 0.950 bits per heavy atom. The van der Waals surface area contributed by atoms with E-state index in [-0.39, 0.29) is 0 Å². The molecule has 0 radical (unpaired) electrons. The van der Waals surface area contributed by atoms with E-state index >= 15 is 0 Å². The quantitative estimate of drug-likeness (QED) is 0.532. The molecule has 0 saturated carbocycles. The van der Waals surface area contributed by atoms with Crippen LogP contribution in [0.1, 0.15) is 92.2 Å². The first kappa shape index (κ1) is 19.2. The molecule has 1 aromatic carbocycles. The third-order valence-corrected chi connectivity index (χ3v) is 5.40. The third-order valence-electron chi connectivity index (χ3n) is 5.40. The molecule has 0 atom stereocenters. The molecule has 20 heavy (non-hydrogen) atoms. The van der Waals surface area contributed by atoms with Crippen molar-refractivity contribution < 1.29 is 0 Å². The van der Waals surface area contributed by atoms with Crippen molar-refractivity contribution in [3.05, 3.63) is 35.4 Å². The van der Waals surface area contributed by atoms with Gasteiger partial charge in [0, 0.05) is 0 Å². The fourth-order valence-corrected chi connectivity index (χ4v) is 2.59. The summed E-state index contributed by atoms with van der Waals surface area (Å²) in [5, 5.41) is 0. The maximum Gasteiger partial charge on any atom is -0.00805 e. The zero-order valence-electron chi connectivity index (χ0n) is 15.1. The van der Waals surface area contributed by atoms with Gasteiger partial charge in [0.1, 0.15) is 0 Å². The minimum absolute atomic E-state index is 0.341. The van der Waals surface area contributed by atoms with E-state index in [9.17, 15) is 0 Å². The molecule has 0 unspecified atom stereocenters. The standard InChI is InChI=1S/C18H30.C2H6/c1-7-17(5,8-2)15-11-13-16(14-12-15)18(6,9-3)10-4;1-2/h11-14H,7-10H2,1-6H3;1-2H3. The Kier molecular flexibility index (Phi) is 8.16. The Labute approximate surface area is 128 Å². The molecule has 116 valence electrons. The fraction of sp³-hybridized carbons (Fsp3) is 0.700. The van der Waals surface area contributed by atoms with Crippen LogP contribution in [0.5, 0.6) is 0 Å². The maximum absolute atomic E-state index is 2.38. The largest absolute Gasteiger partial charge is 0.0683 e. The molecule has 0 amide bonds. The van der Waals surface area contributed by atoms with Crippen LogP contribution in [0.15, 0.2) is 24.3 Å². The average molecular weight is 277 g/mol. The van der Waals surface area contributed by atoms with Crippen molar-refractivity contribution in [2.75, 3.05) is 0 Å². The van der Waals surface area contributed by atoms with Crippen molar-refractivity contribution in [2.24, 2.45) is 0 Å². The number of rotatable bonds is 6. The van der Waals surface area contributed by atoms with Crippen molar-refractivity contribution in [2.45, 2.75) is 91.9 Å². The average Bonchev–Trinajstić information content (AvgIpc) is 2.55. The summed E-state index contributed by atoms with van der Waals surface area (Å²) in [5.41, 5.74) is 3.66. The van der Waals surface area contributed by atoms with E-state index in [0.29, 0.717) is 10.8 Å². The molecule has 0 heteroatoms. The highest BCUT2D eigenvalue weighted by atomic mass is 14.3. The number of hydrogen-bond donors (Lipinski definition) is 0. The Morgan fingerprint density at radius 1 is 0.600 bits per heavy atom. The summed E-state index contributed by atoms with van der Waals surface area (Å²) in [4.78, 5) is 0. The van der Waals surface area contributed by atoms with Crippen molar-refractivity contribution >= 4 is 0 Å². The van der Waals surface area contributed by atoms with Crippen LogP contribution in [0.4, 0.5) is 0 Å². The molecule has 0 aromatic heterocycles. The Hall–Kier alpha value is -0.780. The Morgan fingerprint density at radius 2 is 0.800 bits per heavy atom. The maximum atomic E-state index is 2.38. The molecule has 0 bridgehead atoms. The minimum Gasteiger partial charge on any atom is -0.0683 e. The number of hydrogen-bond acceptors (Lipinski definition) is 0. The van der Waals surface area contributed by atoms with Crippen LogP contribution in [0, 0.1) is 0 Å². The highest BCUT2D eigenvalue weighted by Crippen LogP contribution is 2.35. The van der Waals surface area contributed by atoms with Gasteiger partial charge in [-0.25, -0.2) is 0 Å². The first-order valence-corrected chi connectivity index (χ1v) is 8.56. The van der Waals surface area contributed by atoms with E-state index in [1.807, 2.05) is 13.8 Å². The molecular weight excluding hydrogens is 240 g/mol. The topological polar surface area (TPSA) is 0 Å². The first-order chi connectivity index (χ1) is 9.45. The first-order valence-electron chi connectivity index (χ1n) is 8.56. The van der Waals surface area contributed by atoms with Gasteiger partial charge >= 0.3 is 0 Å². The van der Waals surface area contributed by atoms with E-state index in [4.69, 9.17) is 0 Å². The fourth-order valence-electron chi connectivity index (χ4n) is 2.59. The zero-order valence-corrected chi connectivity index (χ0v) is 15.1. The SMILES string of the molecule is CC.CCC(C)(CC)c1ccc(C(C)(CC)CC)cc1. The number of benzene rings is 1. The lowest BCUT2D eigenvalue weighted by Gasteiger charge is -2.30. The molecule has 0 saturated heterocycles. The van der Waals surface area contributed by atoms with Crippen LogP contribution < -0.4 is 0 Å². The predicted molar refractivity (Wildman–Crippen MR) is 93.7 cm³/mol. The van der Waals surface area contributed by atoms with E-state index in [1.165, 1.54) is 36.8 Å². The van der Waals surface area contributed by atoms with E-state index < -0.39 is 0 Å². The molecular formula is C20H36. The lowest BCUT2D eigenvalue weighted by Crippen LogP contribution is -2.22. The van der Waals surface area contributed by atoms with Crippen LogP contribution in [-0.4, -0.2) is 0 Å². The van der Waals surface area contributed by atoms with Gasteiger partial charge in [0.25, 0.3) is 0 Å². The molecule has 0 N–H and O–H groups in total. The second kappa shape index (κ2) is 8.49. The molecule has 0 nitrogen and oxygen atoms in total. The van der Waals surface area contributed by atoms with Crippen LogP contribution >= 0.6 is 0 Å². The highest BCUT2D eigenvalue weighted by Gasteiger charge is 2.25. The second-order valence-electron chi connectivity index (χ2n) is 6.11. The van der Waals surface area contributed by atoms with Gasteiger partial charge in [-0.05, 0) is 47.6 Å². The van der Waals surface area contributed by atoms with Crippen molar-refractivity contribution in [1.82, 2.24) is 0 Å². The van der Waals surface area contributed by atoms with Gasteiger partial charge in [-0.1, -0.05) is 79.7 Å². The summed E-state index contributed by atoms with van der Waals surface area (Å²) in [5.74, 6) is 0. The summed E-state index contributed by atoms with van der Waals surface area (Å²) in [6.45, 7) is 17.9. The zero-order chi connectivity index (χ0) is 15.8. The Balaban J connectivity index is 0.00000172. The van der Waals surface area contributed by atoms with E-state index in [0.717, 1.165) is 0 Å². The molecule has 0 heterocycles. The molecule has 1 aromatic rings. The predicted octanol–water partition coefficient (Wildman–Crippen LogP) is 6.87. The van der Waals surface area contributed by atoms with Gasteiger partial charge in [-0.15, -0.1) is 0 Å². The lowest BCUT2D eigenvalue weighted by molar-refractivity contribution is 0.430. The smallest absolute Gasteiger partial charge is 0.00805 e. The van der Waals surface area contributed by atoms with Gasteiger partial charge in [0.2, 0.25) is 0 Å². The molecule has 0 fully saturated rings. The summed E-state index contributed by atoms with van der Waals surface area (Å²) in [6, 6.07) is 9.41. The summed E-state index contributed by atoms with van der Waals surface area (Å²) < 4.78 is 0. The summed E-state index contributed by atoms with van der Waals surface area (Å²) in [6.07, 6.45) is 4.84. The Bertz CT molecular complexity index is 313. The molecule has 0 spiro atoms. The third kappa shape index (κ3) is 4.11. The van der Waals surface area contributed by atoms with Gasteiger partial charge in [-0.2, -0.15) is 0 Å². The van der Waals surface area contributed by atoms with Crippen LogP contribution in [0.3, 0.4) is 0 Å². The highest BCUT2D eigenvalue weighted by molar-refractivity contribution is 5.32.